The summed E-state index contributed by atoms with van der Waals surface area (Å²) >= 11 is 3.32. The average Bonchev–Trinajstić information content (AvgIpc) is 2.39. The van der Waals surface area contributed by atoms with Crippen LogP contribution in [0, 0.1) is 0 Å². The summed E-state index contributed by atoms with van der Waals surface area (Å²) in [5.41, 5.74) is 2.97. The van der Waals surface area contributed by atoms with Crippen molar-refractivity contribution in [3.63, 3.8) is 0 Å². The fourth-order valence-electron chi connectivity index (χ4n) is 1.74. The summed E-state index contributed by atoms with van der Waals surface area (Å²) in [7, 11) is 0. The first kappa shape index (κ1) is 13.0. The highest BCUT2D eigenvalue weighted by molar-refractivity contribution is 9.10. The zero-order chi connectivity index (χ0) is 13.0. The quantitative estimate of drug-likeness (QED) is 0.804. The van der Waals surface area contributed by atoms with Gasteiger partial charge < -0.3 is 0 Å². The van der Waals surface area contributed by atoms with Gasteiger partial charge in [0.25, 0.3) is 0 Å². The number of carbonyl (C=O) groups is 1. The van der Waals surface area contributed by atoms with Crippen LogP contribution in [-0.4, -0.2) is 10.8 Å². The van der Waals surface area contributed by atoms with Gasteiger partial charge in [0.1, 0.15) is 0 Å². The van der Waals surface area contributed by atoms with E-state index in [2.05, 4.69) is 40.0 Å². The van der Waals surface area contributed by atoms with Crippen LogP contribution in [-0.2, 0) is 12.8 Å². The molecular weight excluding hydrogens is 290 g/mol. The van der Waals surface area contributed by atoms with Crippen LogP contribution in [0.1, 0.15) is 28.4 Å². The van der Waals surface area contributed by atoms with Crippen molar-refractivity contribution < 1.29 is 4.79 Å². The van der Waals surface area contributed by atoms with Gasteiger partial charge in [-0.3, -0.25) is 9.78 Å². The van der Waals surface area contributed by atoms with Crippen LogP contribution in [0.15, 0.2) is 47.2 Å². The lowest BCUT2D eigenvalue weighted by atomic mass is 10.0. The van der Waals surface area contributed by atoms with E-state index in [0.29, 0.717) is 12.0 Å². The predicted molar refractivity (Wildman–Crippen MR) is 75.8 cm³/mol. The van der Waals surface area contributed by atoms with Crippen molar-refractivity contribution in [1.29, 1.82) is 0 Å². The fourth-order valence-corrected chi connectivity index (χ4v) is 2.11. The monoisotopic (exact) mass is 303 g/mol. The van der Waals surface area contributed by atoms with Crippen molar-refractivity contribution in [3.8, 4) is 0 Å². The third-order valence-electron chi connectivity index (χ3n) is 2.82. The molecule has 0 saturated heterocycles. The SMILES string of the molecule is CCc1ccc(CC(=O)c2cncc(Br)c2)cc1. The van der Waals surface area contributed by atoms with Crippen molar-refractivity contribution in [2.45, 2.75) is 19.8 Å². The Morgan fingerprint density at radius 3 is 2.44 bits per heavy atom. The highest BCUT2D eigenvalue weighted by Crippen LogP contribution is 2.13. The first-order valence-electron chi connectivity index (χ1n) is 5.90. The number of carbonyl (C=O) groups excluding carboxylic acids is 1. The number of nitrogens with zero attached hydrogens (tertiary/aromatic N) is 1. The summed E-state index contributed by atoms with van der Waals surface area (Å²) in [6, 6.07) is 9.98. The molecule has 2 nitrogen and oxygen atoms in total. The molecule has 0 amide bonds. The van der Waals surface area contributed by atoms with Crippen LogP contribution in [0.2, 0.25) is 0 Å². The zero-order valence-electron chi connectivity index (χ0n) is 10.2. The second-order valence-electron chi connectivity index (χ2n) is 4.16. The van der Waals surface area contributed by atoms with E-state index in [9.17, 15) is 4.79 Å². The van der Waals surface area contributed by atoms with E-state index in [1.165, 1.54) is 5.56 Å². The molecule has 1 aromatic heterocycles. The topological polar surface area (TPSA) is 30.0 Å². The summed E-state index contributed by atoms with van der Waals surface area (Å²) in [5.74, 6) is 0.0908. The standard InChI is InChI=1S/C15H14BrNO/c1-2-11-3-5-12(6-4-11)7-15(18)13-8-14(16)10-17-9-13/h3-6,8-10H,2,7H2,1H3. The molecule has 92 valence electrons. The zero-order valence-corrected chi connectivity index (χ0v) is 11.8. The van der Waals surface area contributed by atoms with Gasteiger partial charge in [0, 0.05) is 28.9 Å². The molecule has 0 aliphatic rings. The van der Waals surface area contributed by atoms with E-state index in [-0.39, 0.29) is 5.78 Å². The maximum absolute atomic E-state index is 12.1. The lowest BCUT2D eigenvalue weighted by molar-refractivity contribution is 0.0992. The molecule has 2 rings (SSSR count). The maximum atomic E-state index is 12.1. The first-order valence-corrected chi connectivity index (χ1v) is 6.70. The molecular formula is C15H14BrNO. The summed E-state index contributed by atoms with van der Waals surface area (Å²) in [6.07, 6.45) is 4.71. The number of pyridine rings is 1. The number of halogens is 1. The Labute approximate surface area is 115 Å². The number of hydrogen-bond donors (Lipinski definition) is 0. The van der Waals surface area contributed by atoms with E-state index < -0.39 is 0 Å². The number of ketones is 1. The minimum Gasteiger partial charge on any atom is -0.294 e. The van der Waals surface area contributed by atoms with E-state index in [1.54, 1.807) is 18.5 Å². The lowest BCUT2D eigenvalue weighted by Gasteiger charge is -2.03. The fraction of sp³-hybridized carbons (Fsp3) is 0.200. The molecule has 0 fully saturated rings. The average molecular weight is 304 g/mol. The molecule has 0 bridgehead atoms. The number of aryl methyl sites for hydroxylation is 1. The van der Waals surface area contributed by atoms with Gasteiger partial charge in [0.15, 0.2) is 5.78 Å². The van der Waals surface area contributed by atoms with Crippen molar-refractivity contribution in [3.05, 3.63) is 63.9 Å². The molecule has 1 heterocycles. The summed E-state index contributed by atoms with van der Waals surface area (Å²) in [5, 5.41) is 0. The van der Waals surface area contributed by atoms with Crippen molar-refractivity contribution in [1.82, 2.24) is 4.98 Å². The third-order valence-corrected chi connectivity index (χ3v) is 3.26. The molecule has 0 spiro atoms. The van der Waals surface area contributed by atoms with E-state index in [1.807, 2.05) is 12.1 Å². The highest BCUT2D eigenvalue weighted by atomic mass is 79.9. The van der Waals surface area contributed by atoms with E-state index >= 15 is 0 Å². The Morgan fingerprint density at radius 2 is 1.83 bits per heavy atom. The molecule has 1 aromatic carbocycles. The van der Waals surface area contributed by atoms with Gasteiger partial charge in [-0.15, -0.1) is 0 Å². The minimum absolute atomic E-state index is 0.0908. The maximum Gasteiger partial charge on any atom is 0.168 e. The van der Waals surface area contributed by atoms with Crippen molar-refractivity contribution in [2.24, 2.45) is 0 Å². The lowest BCUT2D eigenvalue weighted by Crippen LogP contribution is -2.04. The largest absolute Gasteiger partial charge is 0.294 e. The Bertz CT molecular complexity index is 549. The Kier molecular flexibility index (Phi) is 4.26. The normalized spacial score (nSPS) is 10.3. The number of hydrogen-bond acceptors (Lipinski definition) is 2. The van der Waals surface area contributed by atoms with Gasteiger partial charge in [0.05, 0.1) is 0 Å². The summed E-state index contributed by atoms with van der Waals surface area (Å²) in [6.45, 7) is 2.12. The number of Topliss-reactive ketones (excluding diaryl/α,β-unsaturated/α-hetero) is 1. The van der Waals surface area contributed by atoms with Crippen LogP contribution in [0.4, 0.5) is 0 Å². The molecule has 0 aliphatic carbocycles. The first-order chi connectivity index (χ1) is 8.69. The summed E-state index contributed by atoms with van der Waals surface area (Å²) in [4.78, 5) is 16.1. The van der Waals surface area contributed by atoms with Crippen LogP contribution >= 0.6 is 15.9 Å². The highest BCUT2D eigenvalue weighted by Gasteiger charge is 2.07. The molecule has 0 N–H and O–H groups in total. The smallest absolute Gasteiger partial charge is 0.168 e. The third kappa shape index (κ3) is 3.26. The second kappa shape index (κ2) is 5.91. The number of benzene rings is 1. The Morgan fingerprint density at radius 1 is 1.17 bits per heavy atom. The van der Waals surface area contributed by atoms with Crippen LogP contribution in [0.25, 0.3) is 0 Å². The van der Waals surface area contributed by atoms with Gasteiger partial charge in [-0.25, -0.2) is 0 Å². The molecule has 0 aliphatic heterocycles. The Hall–Kier alpha value is -1.48. The molecule has 2 aromatic rings. The molecule has 0 radical (unpaired) electrons. The van der Waals surface area contributed by atoms with Gasteiger partial charge in [-0.1, -0.05) is 31.2 Å². The minimum atomic E-state index is 0.0908. The molecule has 0 atom stereocenters. The van der Waals surface area contributed by atoms with Gasteiger partial charge >= 0.3 is 0 Å². The number of rotatable bonds is 4. The van der Waals surface area contributed by atoms with E-state index in [0.717, 1.165) is 16.5 Å². The molecule has 3 heteroatoms. The predicted octanol–water partition coefficient (Wildman–Crippen LogP) is 3.83. The molecule has 0 saturated carbocycles. The van der Waals surface area contributed by atoms with Gasteiger partial charge in [0.2, 0.25) is 0 Å². The van der Waals surface area contributed by atoms with Crippen LogP contribution < -0.4 is 0 Å². The second-order valence-corrected chi connectivity index (χ2v) is 5.08. The number of aromatic nitrogens is 1. The Balaban J connectivity index is 2.11. The van der Waals surface area contributed by atoms with Crippen LogP contribution in [0.3, 0.4) is 0 Å². The van der Waals surface area contributed by atoms with Crippen LogP contribution in [0.5, 0.6) is 0 Å². The van der Waals surface area contributed by atoms with Gasteiger partial charge in [-0.2, -0.15) is 0 Å². The molecule has 18 heavy (non-hydrogen) atoms. The van der Waals surface area contributed by atoms with Crippen molar-refractivity contribution >= 4 is 21.7 Å². The van der Waals surface area contributed by atoms with Crippen molar-refractivity contribution in [2.75, 3.05) is 0 Å². The van der Waals surface area contributed by atoms with Gasteiger partial charge in [-0.05, 0) is 39.5 Å². The molecule has 0 unspecified atom stereocenters. The van der Waals surface area contributed by atoms with E-state index in [4.69, 9.17) is 0 Å². The summed E-state index contributed by atoms with van der Waals surface area (Å²) < 4.78 is 0.828.